The van der Waals surface area contributed by atoms with E-state index in [9.17, 15) is 0 Å². The van der Waals surface area contributed by atoms with Crippen molar-refractivity contribution in [2.45, 2.75) is 38.3 Å². The third-order valence-electron chi connectivity index (χ3n) is 4.98. The molecule has 0 amide bonds. The molecular formula is C16H24N6O. The summed E-state index contributed by atoms with van der Waals surface area (Å²) < 4.78 is 7.65. The lowest BCUT2D eigenvalue weighted by atomic mass is 10.0. The van der Waals surface area contributed by atoms with Crippen molar-refractivity contribution in [1.82, 2.24) is 24.7 Å². The first kappa shape index (κ1) is 14.8. The fourth-order valence-corrected chi connectivity index (χ4v) is 3.40. The Labute approximate surface area is 136 Å². The van der Waals surface area contributed by atoms with E-state index in [-0.39, 0.29) is 0 Å². The van der Waals surface area contributed by atoms with Gasteiger partial charge in [-0.15, -0.1) is 15.3 Å². The van der Waals surface area contributed by atoms with E-state index in [1.807, 2.05) is 23.6 Å². The molecule has 2 fully saturated rings. The summed E-state index contributed by atoms with van der Waals surface area (Å²) in [7, 11) is 2.21. The second kappa shape index (κ2) is 6.05. The number of rotatable bonds is 4. The molecule has 124 valence electrons. The van der Waals surface area contributed by atoms with Crippen LogP contribution in [-0.4, -0.2) is 70.1 Å². The molecule has 7 heteroatoms. The van der Waals surface area contributed by atoms with Crippen molar-refractivity contribution < 1.29 is 4.74 Å². The zero-order chi connectivity index (χ0) is 15.8. The van der Waals surface area contributed by atoms with Gasteiger partial charge in [-0.3, -0.25) is 4.90 Å². The van der Waals surface area contributed by atoms with E-state index in [1.165, 1.54) is 19.3 Å². The molecule has 0 saturated carbocycles. The molecular weight excluding hydrogens is 292 g/mol. The Morgan fingerprint density at radius 1 is 1.26 bits per heavy atom. The van der Waals surface area contributed by atoms with Crippen molar-refractivity contribution in [2.75, 3.05) is 38.2 Å². The molecule has 0 bridgehead atoms. The topological polar surface area (TPSA) is 58.8 Å². The summed E-state index contributed by atoms with van der Waals surface area (Å²) >= 11 is 0. The minimum absolute atomic E-state index is 0.414. The molecule has 2 aliphatic heterocycles. The van der Waals surface area contributed by atoms with E-state index in [0.717, 1.165) is 43.5 Å². The summed E-state index contributed by atoms with van der Waals surface area (Å²) in [5.74, 6) is 1.82. The molecule has 4 rings (SSSR count). The standard InChI is InChI=1S/C16H24N6O/c1-12-17-18-15-6-7-16(19-22(12)15)21-9-13(10-21)20(2)11-14-5-3-4-8-23-14/h6-7,13-14H,3-5,8-11H2,1-2H3. The second-order valence-electron chi connectivity index (χ2n) is 6.70. The molecule has 1 atom stereocenters. The predicted molar refractivity (Wildman–Crippen MR) is 87.7 cm³/mol. The second-order valence-corrected chi connectivity index (χ2v) is 6.70. The Morgan fingerprint density at radius 3 is 2.91 bits per heavy atom. The third kappa shape index (κ3) is 2.90. The molecule has 2 aromatic heterocycles. The van der Waals surface area contributed by atoms with E-state index in [4.69, 9.17) is 4.74 Å². The van der Waals surface area contributed by atoms with Crippen LogP contribution in [0.1, 0.15) is 25.1 Å². The number of aromatic nitrogens is 4. The van der Waals surface area contributed by atoms with Crippen LogP contribution in [0.4, 0.5) is 5.82 Å². The first-order chi connectivity index (χ1) is 11.2. The van der Waals surface area contributed by atoms with Gasteiger partial charge in [-0.25, -0.2) is 0 Å². The van der Waals surface area contributed by atoms with Gasteiger partial charge >= 0.3 is 0 Å². The zero-order valence-electron chi connectivity index (χ0n) is 13.9. The fourth-order valence-electron chi connectivity index (χ4n) is 3.40. The van der Waals surface area contributed by atoms with Crippen LogP contribution in [0.5, 0.6) is 0 Å². The van der Waals surface area contributed by atoms with Gasteiger partial charge in [0.15, 0.2) is 11.5 Å². The Bertz CT molecular complexity index is 674. The van der Waals surface area contributed by atoms with Crippen LogP contribution in [0.2, 0.25) is 0 Å². The Morgan fingerprint density at radius 2 is 2.13 bits per heavy atom. The number of nitrogens with zero attached hydrogens (tertiary/aromatic N) is 6. The zero-order valence-corrected chi connectivity index (χ0v) is 13.9. The summed E-state index contributed by atoms with van der Waals surface area (Å²) in [4.78, 5) is 4.75. The molecule has 0 N–H and O–H groups in total. The number of likely N-dealkylation sites (N-methyl/N-ethyl adjacent to an activating group) is 1. The molecule has 2 saturated heterocycles. The summed E-state index contributed by atoms with van der Waals surface area (Å²) in [5, 5.41) is 12.8. The molecule has 7 nitrogen and oxygen atoms in total. The molecule has 23 heavy (non-hydrogen) atoms. The van der Waals surface area contributed by atoms with Gasteiger partial charge in [0, 0.05) is 32.3 Å². The van der Waals surface area contributed by atoms with Gasteiger partial charge in [0.05, 0.1) is 6.10 Å². The highest BCUT2D eigenvalue weighted by Crippen LogP contribution is 2.23. The molecule has 4 heterocycles. The van der Waals surface area contributed by atoms with Crippen molar-refractivity contribution in [2.24, 2.45) is 0 Å². The monoisotopic (exact) mass is 316 g/mol. The maximum absolute atomic E-state index is 5.85. The average Bonchev–Trinajstić information content (AvgIpc) is 2.88. The van der Waals surface area contributed by atoms with Crippen LogP contribution in [-0.2, 0) is 4.74 Å². The van der Waals surface area contributed by atoms with Crippen molar-refractivity contribution >= 4 is 11.5 Å². The maximum atomic E-state index is 5.85. The lowest BCUT2D eigenvalue weighted by Gasteiger charge is -2.45. The highest BCUT2D eigenvalue weighted by molar-refractivity contribution is 5.47. The summed E-state index contributed by atoms with van der Waals surface area (Å²) in [6.07, 6.45) is 4.13. The van der Waals surface area contributed by atoms with Crippen LogP contribution in [0.25, 0.3) is 5.65 Å². The lowest BCUT2D eigenvalue weighted by molar-refractivity contribution is -0.0102. The highest BCUT2D eigenvalue weighted by atomic mass is 16.5. The molecule has 2 aromatic rings. The minimum atomic E-state index is 0.414. The molecule has 0 aliphatic carbocycles. The fraction of sp³-hybridized carbons (Fsp3) is 0.688. The number of aryl methyl sites for hydroxylation is 1. The van der Waals surface area contributed by atoms with Gasteiger partial charge in [-0.1, -0.05) is 0 Å². The smallest absolute Gasteiger partial charge is 0.178 e. The predicted octanol–water partition coefficient (Wildman–Crippen LogP) is 1.12. The first-order valence-corrected chi connectivity index (χ1v) is 8.46. The lowest BCUT2D eigenvalue weighted by Crippen LogP contribution is -2.60. The number of anilines is 1. The van der Waals surface area contributed by atoms with Crippen LogP contribution < -0.4 is 4.90 Å². The van der Waals surface area contributed by atoms with Gasteiger partial charge in [0.1, 0.15) is 5.82 Å². The normalized spacial score (nSPS) is 22.7. The largest absolute Gasteiger partial charge is 0.377 e. The van der Waals surface area contributed by atoms with Gasteiger partial charge in [-0.2, -0.15) is 4.52 Å². The third-order valence-corrected chi connectivity index (χ3v) is 4.98. The number of ether oxygens (including phenoxy) is 1. The van der Waals surface area contributed by atoms with E-state index >= 15 is 0 Å². The van der Waals surface area contributed by atoms with Crippen LogP contribution in [0, 0.1) is 6.92 Å². The summed E-state index contributed by atoms with van der Waals surface area (Å²) in [6.45, 7) is 5.92. The molecule has 0 aromatic carbocycles. The van der Waals surface area contributed by atoms with E-state index in [2.05, 4.69) is 32.1 Å². The molecule has 1 unspecified atom stereocenters. The molecule has 0 spiro atoms. The average molecular weight is 316 g/mol. The first-order valence-electron chi connectivity index (χ1n) is 8.46. The Hall–Kier alpha value is -1.73. The van der Waals surface area contributed by atoms with Crippen molar-refractivity contribution in [3.8, 4) is 0 Å². The van der Waals surface area contributed by atoms with Gasteiger partial charge in [0.2, 0.25) is 0 Å². The summed E-state index contributed by atoms with van der Waals surface area (Å²) in [5.41, 5.74) is 0.801. The van der Waals surface area contributed by atoms with Crippen molar-refractivity contribution in [3.05, 3.63) is 18.0 Å². The number of hydrogen-bond donors (Lipinski definition) is 0. The van der Waals surface area contributed by atoms with Crippen LogP contribution >= 0.6 is 0 Å². The van der Waals surface area contributed by atoms with E-state index in [0.29, 0.717) is 12.1 Å². The number of hydrogen-bond acceptors (Lipinski definition) is 6. The SMILES string of the molecule is Cc1nnc2ccc(N3CC(N(C)CC4CCCCO4)C3)nn12. The molecule has 2 aliphatic rings. The van der Waals surface area contributed by atoms with E-state index in [1.54, 1.807) is 0 Å². The molecule has 0 radical (unpaired) electrons. The van der Waals surface area contributed by atoms with E-state index < -0.39 is 0 Å². The van der Waals surface area contributed by atoms with Crippen molar-refractivity contribution in [1.29, 1.82) is 0 Å². The van der Waals surface area contributed by atoms with Gasteiger partial charge in [0.25, 0.3) is 0 Å². The summed E-state index contributed by atoms with van der Waals surface area (Å²) in [6, 6.07) is 4.60. The Balaban J connectivity index is 1.35. The maximum Gasteiger partial charge on any atom is 0.178 e. The Kier molecular flexibility index (Phi) is 3.90. The minimum Gasteiger partial charge on any atom is -0.377 e. The van der Waals surface area contributed by atoms with Gasteiger partial charge in [-0.05, 0) is 45.4 Å². The van der Waals surface area contributed by atoms with Gasteiger partial charge < -0.3 is 9.64 Å². The number of fused-ring (bicyclic) bond motifs is 1. The quantitative estimate of drug-likeness (QED) is 0.842. The van der Waals surface area contributed by atoms with Crippen molar-refractivity contribution in [3.63, 3.8) is 0 Å². The van der Waals surface area contributed by atoms with Crippen LogP contribution in [0.3, 0.4) is 0 Å². The highest BCUT2D eigenvalue weighted by Gasteiger charge is 2.32. The van der Waals surface area contributed by atoms with Crippen LogP contribution in [0.15, 0.2) is 12.1 Å².